The minimum absolute atomic E-state index is 0.190. The van der Waals surface area contributed by atoms with Crippen LogP contribution in [-0.4, -0.2) is 73.3 Å². The van der Waals surface area contributed by atoms with E-state index in [-0.39, 0.29) is 11.9 Å². The van der Waals surface area contributed by atoms with Crippen molar-refractivity contribution in [3.63, 3.8) is 0 Å². The van der Waals surface area contributed by atoms with E-state index < -0.39 is 0 Å². The zero-order valence-corrected chi connectivity index (χ0v) is 16.8. The predicted octanol–water partition coefficient (Wildman–Crippen LogP) is 1.78. The Morgan fingerprint density at radius 1 is 1.07 bits per heavy atom. The zero-order chi connectivity index (χ0) is 20.1. The molecule has 2 aliphatic heterocycles. The van der Waals surface area contributed by atoms with Gasteiger partial charge >= 0.3 is 0 Å². The third-order valence-corrected chi connectivity index (χ3v) is 5.74. The number of nitrogens with zero attached hydrogens (tertiary/aromatic N) is 5. The van der Waals surface area contributed by atoms with Crippen LogP contribution in [0, 0.1) is 5.82 Å². The van der Waals surface area contributed by atoms with E-state index in [0.29, 0.717) is 6.54 Å². The minimum Gasteiger partial charge on any atom is -0.369 e. The lowest BCUT2D eigenvalue weighted by molar-refractivity contribution is 0.264. The fraction of sp³-hybridized carbons (Fsp3) is 0.524. The zero-order valence-electron chi connectivity index (χ0n) is 16.8. The maximum Gasteiger partial charge on any atom is 0.134 e. The average molecular weight is 400 g/mol. The molecule has 0 radical (unpaired) electrons. The summed E-state index contributed by atoms with van der Waals surface area (Å²) in [6.45, 7) is 7.36. The summed E-state index contributed by atoms with van der Waals surface area (Å²) in [5, 5.41) is 3.56. The van der Waals surface area contributed by atoms with Crippen LogP contribution in [0.5, 0.6) is 0 Å². The van der Waals surface area contributed by atoms with E-state index >= 15 is 0 Å². The van der Waals surface area contributed by atoms with Crippen LogP contribution in [-0.2, 0) is 0 Å². The topological polar surface area (TPSA) is 73.6 Å². The van der Waals surface area contributed by atoms with Gasteiger partial charge in [-0.3, -0.25) is 4.90 Å². The first-order valence-electron chi connectivity index (χ1n) is 10.5. The van der Waals surface area contributed by atoms with E-state index in [0.717, 1.165) is 76.0 Å². The molecule has 1 atom stereocenters. The molecule has 156 valence electrons. The Kier molecular flexibility index (Phi) is 6.41. The fourth-order valence-electron chi connectivity index (χ4n) is 4.19. The van der Waals surface area contributed by atoms with Crippen molar-refractivity contribution in [3.05, 3.63) is 42.5 Å². The second kappa shape index (κ2) is 9.37. The predicted molar refractivity (Wildman–Crippen MR) is 115 cm³/mol. The molecule has 0 aliphatic carbocycles. The number of nitrogens with one attached hydrogen (secondary N) is 1. The molecule has 0 unspecified atom stereocenters. The fourth-order valence-corrected chi connectivity index (χ4v) is 4.19. The van der Waals surface area contributed by atoms with Crippen LogP contribution in [0.15, 0.2) is 36.7 Å². The molecule has 1 aromatic heterocycles. The molecule has 2 aliphatic rings. The summed E-state index contributed by atoms with van der Waals surface area (Å²) in [6.07, 6.45) is 3.77. The molecule has 2 fully saturated rings. The van der Waals surface area contributed by atoms with Gasteiger partial charge in [0.15, 0.2) is 0 Å². The van der Waals surface area contributed by atoms with Crippen LogP contribution >= 0.6 is 0 Å². The van der Waals surface area contributed by atoms with Gasteiger partial charge in [-0.2, -0.15) is 0 Å². The maximum atomic E-state index is 13.6. The van der Waals surface area contributed by atoms with Gasteiger partial charge in [0, 0.05) is 70.2 Å². The van der Waals surface area contributed by atoms with E-state index in [4.69, 9.17) is 5.73 Å². The van der Waals surface area contributed by atoms with Crippen molar-refractivity contribution >= 4 is 17.3 Å². The molecule has 3 heterocycles. The van der Waals surface area contributed by atoms with Crippen LogP contribution in [0.4, 0.5) is 21.7 Å². The summed E-state index contributed by atoms with van der Waals surface area (Å²) in [6, 6.07) is 9.15. The van der Waals surface area contributed by atoms with E-state index in [2.05, 4.69) is 30.0 Å². The van der Waals surface area contributed by atoms with Gasteiger partial charge in [0.05, 0.1) is 0 Å². The molecular weight excluding hydrogens is 369 g/mol. The number of benzene rings is 1. The number of aromatic nitrogens is 2. The summed E-state index contributed by atoms with van der Waals surface area (Å²) in [5.41, 5.74) is 6.60. The molecule has 3 N–H and O–H groups in total. The Morgan fingerprint density at radius 3 is 2.72 bits per heavy atom. The van der Waals surface area contributed by atoms with Gasteiger partial charge in [0.25, 0.3) is 0 Å². The number of piperidine rings is 1. The lowest BCUT2D eigenvalue weighted by Gasteiger charge is -2.36. The van der Waals surface area contributed by atoms with E-state index in [9.17, 15) is 4.39 Å². The van der Waals surface area contributed by atoms with Crippen LogP contribution < -0.4 is 20.9 Å². The van der Waals surface area contributed by atoms with Crippen molar-refractivity contribution < 1.29 is 4.39 Å². The highest BCUT2D eigenvalue weighted by atomic mass is 19.1. The second-order valence-corrected chi connectivity index (χ2v) is 7.79. The van der Waals surface area contributed by atoms with Gasteiger partial charge in [-0.1, -0.05) is 6.07 Å². The number of rotatable bonds is 6. The van der Waals surface area contributed by atoms with Crippen LogP contribution in [0.2, 0.25) is 0 Å². The highest BCUT2D eigenvalue weighted by Crippen LogP contribution is 2.23. The summed E-state index contributed by atoms with van der Waals surface area (Å²) >= 11 is 0. The van der Waals surface area contributed by atoms with E-state index in [1.807, 2.05) is 12.1 Å². The largest absolute Gasteiger partial charge is 0.369 e. The first kappa shape index (κ1) is 19.8. The van der Waals surface area contributed by atoms with Crippen molar-refractivity contribution in [3.8, 4) is 0 Å². The molecule has 1 aromatic carbocycles. The first-order chi connectivity index (χ1) is 14.2. The minimum atomic E-state index is -0.190. The quantitative estimate of drug-likeness (QED) is 0.767. The molecule has 2 saturated heterocycles. The molecule has 4 rings (SSSR count). The maximum absolute atomic E-state index is 13.6. The molecule has 0 bridgehead atoms. The summed E-state index contributed by atoms with van der Waals surface area (Å²) in [7, 11) is 0. The van der Waals surface area contributed by atoms with E-state index in [1.165, 1.54) is 6.07 Å². The van der Waals surface area contributed by atoms with Crippen molar-refractivity contribution in [2.45, 2.75) is 18.9 Å². The number of hydrogen-bond donors (Lipinski definition) is 2. The molecule has 29 heavy (non-hydrogen) atoms. The SMILES string of the molecule is NCCN1CCN(c2cc(N[C@@H]3CCCN(c4cccc(F)c4)C3)ncn2)CC1. The third-order valence-electron chi connectivity index (χ3n) is 5.74. The molecule has 0 amide bonds. The van der Waals surface area contributed by atoms with Gasteiger partial charge in [-0.15, -0.1) is 0 Å². The lowest BCUT2D eigenvalue weighted by atomic mass is 10.0. The number of piperazine rings is 1. The Bertz CT molecular complexity index is 794. The highest BCUT2D eigenvalue weighted by Gasteiger charge is 2.22. The molecule has 0 saturated carbocycles. The lowest BCUT2D eigenvalue weighted by Crippen LogP contribution is -2.48. The molecular formula is C21H30FN7. The van der Waals surface area contributed by atoms with Crippen LogP contribution in [0.1, 0.15) is 12.8 Å². The Balaban J connectivity index is 1.36. The van der Waals surface area contributed by atoms with Gasteiger partial charge in [0.2, 0.25) is 0 Å². The number of anilines is 3. The van der Waals surface area contributed by atoms with Crippen molar-refractivity contribution in [2.24, 2.45) is 5.73 Å². The van der Waals surface area contributed by atoms with Gasteiger partial charge in [-0.05, 0) is 31.0 Å². The first-order valence-corrected chi connectivity index (χ1v) is 10.5. The van der Waals surface area contributed by atoms with E-state index in [1.54, 1.807) is 18.5 Å². The summed E-state index contributed by atoms with van der Waals surface area (Å²) < 4.78 is 13.6. The van der Waals surface area contributed by atoms with Crippen molar-refractivity contribution in [1.82, 2.24) is 14.9 Å². The van der Waals surface area contributed by atoms with Crippen molar-refractivity contribution in [2.75, 3.05) is 67.5 Å². The van der Waals surface area contributed by atoms with Crippen LogP contribution in [0.25, 0.3) is 0 Å². The van der Waals surface area contributed by atoms with Gasteiger partial charge < -0.3 is 20.9 Å². The third kappa shape index (κ3) is 5.13. The summed E-state index contributed by atoms with van der Waals surface area (Å²) in [4.78, 5) is 15.8. The Labute approximate surface area is 171 Å². The average Bonchev–Trinajstić information content (AvgIpc) is 2.75. The Morgan fingerprint density at radius 2 is 1.93 bits per heavy atom. The second-order valence-electron chi connectivity index (χ2n) is 7.79. The number of halogens is 1. The number of nitrogens with two attached hydrogens (primary N) is 1. The van der Waals surface area contributed by atoms with Gasteiger partial charge in [0.1, 0.15) is 23.8 Å². The van der Waals surface area contributed by atoms with Gasteiger partial charge in [-0.25, -0.2) is 14.4 Å². The monoisotopic (exact) mass is 399 g/mol. The molecule has 8 heteroatoms. The molecule has 0 spiro atoms. The van der Waals surface area contributed by atoms with Crippen molar-refractivity contribution in [1.29, 1.82) is 0 Å². The Hall–Kier alpha value is -2.45. The normalized spacial score (nSPS) is 20.7. The molecule has 2 aromatic rings. The highest BCUT2D eigenvalue weighted by molar-refractivity contribution is 5.51. The summed E-state index contributed by atoms with van der Waals surface area (Å²) in [5.74, 6) is 1.63. The smallest absolute Gasteiger partial charge is 0.134 e. The van der Waals surface area contributed by atoms with Crippen LogP contribution in [0.3, 0.4) is 0 Å². The molecule has 7 nitrogen and oxygen atoms in total. The standard InChI is InChI=1S/C21H30FN7/c22-17-3-1-5-19(13-17)29-7-2-4-18(15-29)26-20-14-21(25-16-24-20)28-11-9-27(8-6-23)10-12-28/h1,3,5,13-14,16,18H,2,4,6-12,15,23H2,(H,24,25,26)/t18-/m1/s1. The number of hydrogen-bond acceptors (Lipinski definition) is 7.